The quantitative estimate of drug-likeness (QED) is 0.799. The molecule has 0 radical (unpaired) electrons. The van der Waals surface area contributed by atoms with Crippen LogP contribution < -0.4 is 11.1 Å². The number of hydrogen-bond acceptors (Lipinski definition) is 2. The number of nitrogens with one attached hydrogen (secondary N) is 1. The maximum Gasteiger partial charge on any atom is 0.0338 e. The molecule has 2 rings (SSSR count). The van der Waals surface area contributed by atoms with Crippen molar-refractivity contribution in [3.05, 3.63) is 34.9 Å². The second-order valence-corrected chi connectivity index (χ2v) is 4.99. The summed E-state index contributed by atoms with van der Waals surface area (Å²) in [6, 6.07) is 6.77. The van der Waals surface area contributed by atoms with Gasteiger partial charge in [-0.1, -0.05) is 23.8 Å². The lowest BCUT2D eigenvalue weighted by Crippen LogP contribution is -2.36. The van der Waals surface area contributed by atoms with Gasteiger partial charge in [0.2, 0.25) is 0 Å². The Hall–Kier alpha value is -0.860. The van der Waals surface area contributed by atoms with Crippen molar-refractivity contribution in [1.29, 1.82) is 0 Å². The summed E-state index contributed by atoms with van der Waals surface area (Å²) in [6.07, 6.45) is 2.50. The minimum absolute atomic E-state index is 0.188. The minimum Gasteiger partial charge on any atom is -0.324 e. The highest BCUT2D eigenvalue weighted by Crippen LogP contribution is 2.27. The first kappa shape index (κ1) is 11.6. The third kappa shape index (κ3) is 2.45. The van der Waals surface area contributed by atoms with Crippen molar-refractivity contribution >= 4 is 0 Å². The van der Waals surface area contributed by atoms with Crippen molar-refractivity contribution in [3.63, 3.8) is 0 Å². The zero-order chi connectivity index (χ0) is 11.5. The maximum atomic E-state index is 6.40. The van der Waals surface area contributed by atoms with E-state index < -0.39 is 0 Å². The molecule has 0 spiro atoms. The number of benzene rings is 1. The van der Waals surface area contributed by atoms with Gasteiger partial charge in [0.1, 0.15) is 0 Å². The molecule has 1 aliphatic heterocycles. The molecule has 0 bridgehead atoms. The van der Waals surface area contributed by atoms with Crippen LogP contribution in [0.4, 0.5) is 0 Å². The SMILES string of the molecule is Cc1ccc(C)c(C(N)C2CCCNC2)c1. The second-order valence-electron chi connectivity index (χ2n) is 4.99. The number of rotatable bonds is 2. The molecule has 1 aromatic rings. The van der Waals surface area contributed by atoms with E-state index in [1.807, 2.05) is 0 Å². The van der Waals surface area contributed by atoms with Crippen molar-refractivity contribution in [1.82, 2.24) is 5.32 Å². The fraction of sp³-hybridized carbons (Fsp3) is 0.571. The largest absolute Gasteiger partial charge is 0.324 e. The van der Waals surface area contributed by atoms with Crippen LogP contribution in [0.15, 0.2) is 18.2 Å². The van der Waals surface area contributed by atoms with Gasteiger partial charge in [0.25, 0.3) is 0 Å². The molecule has 16 heavy (non-hydrogen) atoms. The highest BCUT2D eigenvalue weighted by molar-refractivity contribution is 5.33. The van der Waals surface area contributed by atoms with Crippen LogP contribution in [-0.4, -0.2) is 13.1 Å². The minimum atomic E-state index is 0.188. The average Bonchev–Trinajstić information content (AvgIpc) is 2.32. The van der Waals surface area contributed by atoms with Gasteiger partial charge >= 0.3 is 0 Å². The molecule has 2 atom stereocenters. The van der Waals surface area contributed by atoms with Gasteiger partial charge in [-0.3, -0.25) is 0 Å². The number of aryl methyl sites for hydroxylation is 2. The molecule has 88 valence electrons. The van der Waals surface area contributed by atoms with E-state index in [0.717, 1.165) is 13.1 Å². The predicted octanol–water partition coefficient (Wildman–Crippen LogP) is 2.30. The zero-order valence-electron chi connectivity index (χ0n) is 10.3. The van der Waals surface area contributed by atoms with Gasteiger partial charge in [-0.25, -0.2) is 0 Å². The smallest absolute Gasteiger partial charge is 0.0338 e. The Labute approximate surface area is 98.2 Å². The fourth-order valence-corrected chi connectivity index (χ4v) is 2.56. The van der Waals surface area contributed by atoms with E-state index in [9.17, 15) is 0 Å². The van der Waals surface area contributed by atoms with Gasteiger partial charge < -0.3 is 11.1 Å². The Morgan fingerprint density at radius 2 is 2.19 bits per heavy atom. The molecular weight excluding hydrogens is 196 g/mol. The summed E-state index contributed by atoms with van der Waals surface area (Å²) in [7, 11) is 0. The summed E-state index contributed by atoms with van der Waals surface area (Å²) in [5, 5.41) is 3.44. The van der Waals surface area contributed by atoms with E-state index in [1.165, 1.54) is 29.5 Å². The standard InChI is InChI=1S/C14H22N2/c1-10-5-6-11(2)13(8-10)14(15)12-4-3-7-16-9-12/h5-6,8,12,14,16H,3-4,7,9,15H2,1-2H3. The molecule has 2 unspecified atom stereocenters. The van der Waals surface area contributed by atoms with Gasteiger partial charge in [0, 0.05) is 6.04 Å². The summed E-state index contributed by atoms with van der Waals surface area (Å²) in [4.78, 5) is 0. The van der Waals surface area contributed by atoms with Crippen LogP contribution in [0.5, 0.6) is 0 Å². The van der Waals surface area contributed by atoms with Gasteiger partial charge in [0.05, 0.1) is 0 Å². The maximum absolute atomic E-state index is 6.40. The number of hydrogen-bond donors (Lipinski definition) is 2. The van der Waals surface area contributed by atoms with E-state index in [2.05, 4.69) is 37.4 Å². The Balaban J connectivity index is 2.18. The lowest BCUT2D eigenvalue weighted by atomic mass is 9.85. The Kier molecular flexibility index (Phi) is 3.62. The number of nitrogens with two attached hydrogens (primary N) is 1. The Morgan fingerprint density at radius 3 is 2.88 bits per heavy atom. The number of piperidine rings is 1. The van der Waals surface area contributed by atoms with E-state index in [1.54, 1.807) is 0 Å². The summed E-state index contributed by atoms with van der Waals surface area (Å²) in [5.41, 5.74) is 10.4. The highest BCUT2D eigenvalue weighted by atomic mass is 14.9. The van der Waals surface area contributed by atoms with Crippen LogP contribution >= 0.6 is 0 Å². The van der Waals surface area contributed by atoms with Gasteiger partial charge in [-0.15, -0.1) is 0 Å². The van der Waals surface area contributed by atoms with Crippen LogP contribution in [0, 0.1) is 19.8 Å². The van der Waals surface area contributed by atoms with Crippen molar-refractivity contribution in [2.24, 2.45) is 11.7 Å². The van der Waals surface area contributed by atoms with E-state index in [-0.39, 0.29) is 6.04 Å². The third-order valence-corrected chi connectivity index (χ3v) is 3.64. The molecule has 3 N–H and O–H groups in total. The molecule has 1 aromatic carbocycles. The fourth-order valence-electron chi connectivity index (χ4n) is 2.56. The molecule has 1 saturated heterocycles. The molecule has 0 amide bonds. The van der Waals surface area contributed by atoms with Crippen molar-refractivity contribution in [3.8, 4) is 0 Å². The summed E-state index contributed by atoms with van der Waals surface area (Å²) < 4.78 is 0. The molecule has 0 saturated carbocycles. The molecule has 1 fully saturated rings. The Bertz CT molecular complexity index is 354. The van der Waals surface area contributed by atoms with E-state index in [4.69, 9.17) is 5.73 Å². The first-order chi connectivity index (χ1) is 7.68. The van der Waals surface area contributed by atoms with Crippen LogP contribution in [0.2, 0.25) is 0 Å². The lowest BCUT2D eigenvalue weighted by molar-refractivity contribution is 0.325. The van der Waals surface area contributed by atoms with Gasteiger partial charge in [0.15, 0.2) is 0 Å². The molecule has 1 heterocycles. The molecule has 2 heteroatoms. The van der Waals surface area contributed by atoms with Crippen molar-refractivity contribution < 1.29 is 0 Å². The molecule has 1 aliphatic rings. The van der Waals surface area contributed by atoms with Crippen LogP contribution in [0.1, 0.15) is 35.6 Å². The molecular formula is C14H22N2. The van der Waals surface area contributed by atoms with Gasteiger partial charge in [-0.05, 0) is 56.8 Å². The van der Waals surface area contributed by atoms with Crippen LogP contribution in [0.3, 0.4) is 0 Å². The summed E-state index contributed by atoms with van der Waals surface area (Å²) in [5.74, 6) is 0.592. The van der Waals surface area contributed by atoms with E-state index in [0.29, 0.717) is 5.92 Å². The topological polar surface area (TPSA) is 38.0 Å². The summed E-state index contributed by atoms with van der Waals surface area (Å²) in [6.45, 7) is 6.50. The Morgan fingerprint density at radius 1 is 1.38 bits per heavy atom. The molecule has 2 nitrogen and oxygen atoms in total. The predicted molar refractivity (Wildman–Crippen MR) is 68.4 cm³/mol. The second kappa shape index (κ2) is 4.98. The molecule has 0 aromatic heterocycles. The lowest BCUT2D eigenvalue weighted by Gasteiger charge is -2.29. The van der Waals surface area contributed by atoms with Crippen LogP contribution in [-0.2, 0) is 0 Å². The van der Waals surface area contributed by atoms with Crippen LogP contribution in [0.25, 0.3) is 0 Å². The summed E-state index contributed by atoms with van der Waals surface area (Å²) >= 11 is 0. The highest BCUT2D eigenvalue weighted by Gasteiger charge is 2.22. The van der Waals surface area contributed by atoms with E-state index >= 15 is 0 Å². The first-order valence-corrected chi connectivity index (χ1v) is 6.22. The monoisotopic (exact) mass is 218 g/mol. The van der Waals surface area contributed by atoms with Crippen molar-refractivity contribution in [2.45, 2.75) is 32.7 Å². The third-order valence-electron chi connectivity index (χ3n) is 3.64. The van der Waals surface area contributed by atoms with Crippen molar-refractivity contribution in [2.75, 3.05) is 13.1 Å². The zero-order valence-corrected chi connectivity index (χ0v) is 10.3. The average molecular weight is 218 g/mol. The first-order valence-electron chi connectivity index (χ1n) is 6.22. The normalized spacial score (nSPS) is 23.1. The van der Waals surface area contributed by atoms with Gasteiger partial charge in [-0.2, -0.15) is 0 Å². The molecule has 0 aliphatic carbocycles.